The maximum atomic E-state index is 11.8. The van der Waals surface area contributed by atoms with Crippen LogP contribution >= 0.6 is 15.9 Å². The molecule has 1 aromatic carbocycles. The van der Waals surface area contributed by atoms with Gasteiger partial charge in [0, 0.05) is 23.7 Å². The lowest BCUT2D eigenvalue weighted by molar-refractivity contribution is -0.489. The lowest BCUT2D eigenvalue weighted by atomic mass is 9.44. The van der Waals surface area contributed by atoms with Crippen LogP contribution in [0, 0.1) is 46.3 Å². The number of hydrogen-bond donors (Lipinski definition) is 0. The number of esters is 1. The Morgan fingerprint density at radius 1 is 1.05 bits per heavy atom. The van der Waals surface area contributed by atoms with Crippen molar-refractivity contribution >= 4 is 27.5 Å². The van der Waals surface area contributed by atoms with E-state index in [0.29, 0.717) is 35.7 Å². The first-order chi connectivity index (χ1) is 19.6. The van der Waals surface area contributed by atoms with Crippen molar-refractivity contribution in [1.82, 2.24) is 0 Å². The zero-order valence-electron chi connectivity index (χ0n) is 25.5. The molecule has 1 aromatic rings. The Labute approximate surface area is 255 Å². The number of benzene rings is 1. The molecule has 0 N–H and O–H groups in total. The summed E-state index contributed by atoms with van der Waals surface area (Å²) in [5, 5.41) is 0. The number of carbonyl (C=O) groups is 1. The third kappa shape index (κ3) is 5.27. The summed E-state index contributed by atoms with van der Waals surface area (Å²) < 4.78 is 12.5. The standard InChI is InChI=1S/C35H49BrO5/c1-22(6-15-32(37)38-5)28-13-14-29-27-12-9-25-20-35(19-18-33(25,3)30(27)16-17-34(28,29)4)39-21-31(40-41-35)23(2)24-7-10-26(36)11-8-24/h7-8,10-11,22,25,27-31H,2,6,9,12-21H2,1,3-5H3/t22-,25-,27+,28-,29+,30+,31+,33+,34-,35+/m1/s1. The SMILES string of the molecule is C=C(c1ccc(Br)cc1)[C@@H]1CO[C@@]2(CC[C@@]3(C)[C@H](CC[C@@H]4[C@@H]3CC[C@]3(C)[C@@H]([C@H](C)CCC(=O)OC)CC[C@@H]43)C2)OO1. The van der Waals surface area contributed by atoms with Gasteiger partial charge in [0.1, 0.15) is 6.10 Å². The third-order valence-corrected chi connectivity index (χ3v) is 13.4. The quantitative estimate of drug-likeness (QED) is 0.233. The molecule has 1 spiro atoms. The van der Waals surface area contributed by atoms with Crippen LogP contribution in [0.5, 0.6) is 0 Å². The number of ether oxygens (including phenoxy) is 2. The van der Waals surface area contributed by atoms with Crippen molar-refractivity contribution in [3.8, 4) is 0 Å². The van der Waals surface area contributed by atoms with Crippen molar-refractivity contribution in [2.24, 2.45) is 46.3 Å². The van der Waals surface area contributed by atoms with E-state index >= 15 is 0 Å². The van der Waals surface area contributed by atoms with Gasteiger partial charge < -0.3 is 9.47 Å². The first kappa shape index (κ1) is 29.8. The fraction of sp³-hybridized carbons (Fsp3) is 0.743. The Hall–Kier alpha value is -1.21. The Kier molecular flexibility index (Phi) is 8.28. The highest BCUT2D eigenvalue weighted by atomic mass is 79.9. The molecule has 6 heteroatoms. The molecule has 41 heavy (non-hydrogen) atoms. The maximum absolute atomic E-state index is 11.8. The lowest BCUT2D eigenvalue weighted by Crippen LogP contribution is -2.58. The molecule has 0 unspecified atom stereocenters. The van der Waals surface area contributed by atoms with Crippen LogP contribution in [0.15, 0.2) is 35.3 Å². The summed E-state index contributed by atoms with van der Waals surface area (Å²) in [6, 6.07) is 8.15. The highest BCUT2D eigenvalue weighted by molar-refractivity contribution is 9.10. The van der Waals surface area contributed by atoms with E-state index < -0.39 is 5.79 Å². The van der Waals surface area contributed by atoms with Gasteiger partial charge in [-0.3, -0.25) is 4.79 Å². The molecular weight excluding hydrogens is 580 g/mol. The van der Waals surface area contributed by atoms with E-state index in [1.165, 1.54) is 45.6 Å². The second-order valence-electron chi connectivity index (χ2n) is 14.6. The minimum Gasteiger partial charge on any atom is -0.469 e. The molecule has 1 heterocycles. The third-order valence-electron chi connectivity index (χ3n) is 12.9. The van der Waals surface area contributed by atoms with Crippen LogP contribution < -0.4 is 0 Å². The number of halogens is 1. The van der Waals surface area contributed by atoms with Gasteiger partial charge >= 0.3 is 5.97 Å². The number of rotatable bonds is 6. The van der Waals surface area contributed by atoms with Crippen molar-refractivity contribution in [3.05, 3.63) is 40.9 Å². The fourth-order valence-corrected chi connectivity index (χ4v) is 10.7. The van der Waals surface area contributed by atoms with Gasteiger partial charge in [-0.05, 0) is 121 Å². The molecule has 4 aliphatic carbocycles. The molecule has 1 saturated heterocycles. The molecule has 0 bridgehead atoms. The molecule has 0 aromatic heterocycles. The summed E-state index contributed by atoms with van der Waals surface area (Å²) in [4.78, 5) is 24.0. The van der Waals surface area contributed by atoms with Gasteiger partial charge in [0.2, 0.25) is 5.79 Å². The smallest absolute Gasteiger partial charge is 0.305 e. The number of methoxy groups -OCH3 is 1. The normalized spacial score (nSPS) is 42.6. The first-order valence-electron chi connectivity index (χ1n) is 16.1. The van der Waals surface area contributed by atoms with Crippen molar-refractivity contribution in [2.45, 2.75) is 103 Å². The fourth-order valence-electron chi connectivity index (χ4n) is 10.5. The highest BCUT2D eigenvalue weighted by Crippen LogP contribution is 2.69. The molecule has 5 nitrogen and oxygen atoms in total. The Morgan fingerprint density at radius 2 is 1.80 bits per heavy atom. The van der Waals surface area contributed by atoms with Crippen LogP contribution in [0.1, 0.15) is 97.0 Å². The van der Waals surface area contributed by atoms with Crippen molar-refractivity contribution in [1.29, 1.82) is 0 Å². The van der Waals surface area contributed by atoms with Gasteiger partial charge in [0.15, 0.2) is 0 Å². The van der Waals surface area contributed by atoms with Gasteiger partial charge in [-0.2, -0.15) is 0 Å². The van der Waals surface area contributed by atoms with Gasteiger partial charge in [0.05, 0.1) is 13.7 Å². The largest absolute Gasteiger partial charge is 0.469 e. The van der Waals surface area contributed by atoms with Crippen LogP contribution in [0.4, 0.5) is 0 Å². The Bertz CT molecular complexity index is 1130. The van der Waals surface area contributed by atoms with Gasteiger partial charge in [-0.1, -0.05) is 55.4 Å². The summed E-state index contributed by atoms with van der Waals surface area (Å²) in [6.45, 7) is 12.4. The van der Waals surface area contributed by atoms with Crippen LogP contribution in [-0.4, -0.2) is 31.6 Å². The zero-order chi connectivity index (χ0) is 29.0. The monoisotopic (exact) mass is 628 g/mol. The van der Waals surface area contributed by atoms with Crippen LogP contribution in [0.25, 0.3) is 5.57 Å². The van der Waals surface area contributed by atoms with Gasteiger partial charge in [-0.25, -0.2) is 9.78 Å². The summed E-state index contributed by atoms with van der Waals surface area (Å²) in [6.07, 6.45) is 12.1. The molecule has 0 radical (unpaired) electrons. The van der Waals surface area contributed by atoms with Crippen LogP contribution in [0.3, 0.4) is 0 Å². The predicted molar refractivity (Wildman–Crippen MR) is 163 cm³/mol. The van der Waals surface area contributed by atoms with Crippen LogP contribution in [0.2, 0.25) is 0 Å². The average Bonchev–Trinajstić information content (AvgIpc) is 3.34. The van der Waals surface area contributed by atoms with E-state index in [1.807, 2.05) is 12.1 Å². The topological polar surface area (TPSA) is 54.0 Å². The van der Waals surface area contributed by atoms with E-state index in [2.05, 4.69) is 55.4 Å². The lowest BCUT2D eigenvalue weighted by Gasteiger charge is -2.62. The molecule has 226 valence electrons. The maximum Gasteiger partial charge on any atom is 0.305 e. The molecular formula is C35H49BrO5. The second kappa shape index (κ2) is 11.4. The van der Waals surface area contributed by atoms with Gasteiger partial charge in [-0.15, -0.1) is 0 Å². The minimum atomic E-state index is -0.621. The number of hydrogen-bond acceptors (Lipinski definition) is 5. The summed E-state index contributed by atoms with van der Waals surface area (Å²) >= 11 is 3.50. The molecule has 6 rings (SSSR count). The predicted octanol–water partition coefficient (Wildman–Crippen LogP) is 8.75. The highest BCUT2D eigenvalue weighted by Gasteiger charge is 2.62. The summed E-state index contributed by atoms with van der Waals surface area (Å²) in [5.41, 5.74) is 2.69. The van der Waals surface area contributed by atoms with E-state index in [1.54, 1.807) is 0 Å². The average molecular weight is 630 g/mol. The zero-order valence-corrected chi connectivity index (χ0v) is 27.0. The van der Waals surface area contributed by atoms with Gasteiger partial charge in [0.25, 0.3) is 0 Å². The molecule has 5 fully saturated rings. The van der Waals surface area contributed by atoms with Crippen LogP contribution in [-0.2, 0) is 24.0 Å². The Morgan fingerprint density at radius 3 is 2.51 bits per heavy atom. The van der Waals surface area contributed by atoms with Crippen molar-refractivity contribution < 1.29 is 24.0 Å². The molecule has 1 aliphatic heterocycles. The van der Waals surface area contributed by atoms with Crippen molar-refractivity contribution in [2.75, 3.05) is 13.7 Å². The first-order valence-corrected chi connectivity index (χ1v) is 16.9. The summed E-state index contributed by atoms with van der Waals surface area (Å²) in [5.74, 6) is 3.64. The molecule has 10 atom stereocenters. The van der Waals surface area contributed by atoms with E-state index in [0.717, 1.165) is 65.0 Å². The Balaban J connectivity index is 1.09. The van der Waals surface area contributed by atoms with Crippen molar-refractivity contribution in [3.63, 3.8) is 0 Å². The minimum absolute atomic E-state index is 0.0667. The molecule has 5 aliphatic rings. The molecule has 4 saturated carbocycles. The van der Waals surface area contributed by atoms with E-state index in [4.69, 9.17) is 19.2 Å². The molecule has 0 amide bonds. The van der Waals surface area contributed by atoms with E-state index in [-0.39, 0.29) is 12.1 Å². The number of carbonyl (C=O) groups excluding carboxylic acids is 1. The number of fused-ring (bicyclic) bond motifs is 5. The summed E-state index contributed by atoms with van der Waals surface area (Å²) in [7, 11) is 1.50. The second-order valence-corrected chi connectivity index (χ2v) is 15.5. The van der Waals surface area contributed by atoms with E-state index in [9.17, 15) is 4.79 Å².